The van der Waals surface area contributed by atoms with Crippen molar-refractivity contribution in [3.8, 4) is 0 Å². The molecule has 0 aliphatic carbocycles. The Morgan fingerprint density at radius 1 is 1.13 bits per heavy atom. The fraction of sp³-hybridized carbons (Fsp3) is 0.579. The number of hydrogen-bond acceptors (Lipinski definition) is 3. The van der Waals surface area contributed by atoms with Crippen LogP contribution >= 0.6 is 0 Å². The summed E-state index contributed by atoms with van der Waals surface area (Å²) in [6, 6.07) is 4.89. The number of carbonyl (C=O) groups excluding carboxylic acids is 2. The van der Waals surface area contributed by atoms with E-state index in [1.54, 1.807) is 6.07 Å². The van der Waals surface area contributed by atoms with Gasteiger partial charge in [0.1, 0.15) is 11.6 Å². The highest BCUT2D eigenvalue weighted by molar-refractivity contribution is 5.97. The number of amides is 1. The molecule has 0 saturated heterocycles. The Morgan fingerprint density at radius 3 is 2.22 bits per heavy atom. The van der Waals surface area contributed by atoms with Gasteiger partial charge in [0.05, 0.1) is 0 Å². The predicted molar refractivity (Wildman–Crippen MR) is 92.5 cm³/mol. The van der Waals surface area contributed by atoms with Crippen LogP contribution in [0.4, 0.5) is 0 Å². The second-order valence-electron chi connectivity index (χ2n) is 7.49. The maximum atomic E-state index is 12.5. The zero-order valence-electron chi connectivity index (χ0n) is 15.3. The molecule has 0 aromatic heterocycles. The van der Waals surface area contributed by atoms with E-state index in [4.69, 9.17) is 4.74 Å². The second-order valence-corrected chi connectivity index (χ2v) is 7.49. The number of hydrogen-bond donors (Lipinski definition) is 1. The van der Waals surface area contributed by atoms with Gasteiger partial charge in [0.15, 0.2) is 0 Å². The zero-order chi connectivity index (χ0) is 17.8. The molecule has 1 rings (SSSR count). The molecule has 128 valence electrons. The van der Waals surface area contributed by atoms with Crippen LogP contribution < -0.4 is 5.32 Å². The number of nitrogens with one attached hydrogen (secondary N) is 1. The molecule has 0 unspecified atom stereocenters. The van der Waals surface area contributed by atoms with E-state index in [2.05, 4.69) is 5.32 Å². The van der Waals surface area contributed by atoms with E-state index in [-0.39, 0.29) is 17.8 Å². The fourth-order valence-electron chi connectivity index (χ4n) is 2.18. The van der Waals surface area contributed by atoms with Crippen molar-refractivity contribution < 1.29 is 14.3 Å². The molecule has 0 aliphatic rings. The third-order valence-corrected chi connectivity index (χ3v) is 3.47. The van der Waals surface area contributed by atoms with Crippen LogP contribution in [0.15, 0.2) is 18.2 Å². The summed E-state index contributed by atoms with van der Waals surface area (Å²) in [7, 11) is 0. The van der Waals surface area contributed by atoms with Crippen molar-refractivity contribution in [1.82, 2.24) is 5.32 Å². The van der Waals surface area contributed by atoms with Crippen molar-refractivity contribution in [2.75, 3.05) is 0 Å². The predicted octanol–water partition coefficient (Wildman–Crippen LogP) is 3.79. The summed E-state index contributed by atoms with van der Waals surface area (Å²) in [6.45, 7) is 13.5. The van der Waals surface area contributed by atoms with Crippen molar-refractivity contribution in [3.05, 3.63) is 34.9 Å². The second kappa shape index (κ2) is 7.62. The maximum absolute atomic E-state index is 12.5. The van der Waals surface area contributed by atoms with Crippen LogP contribution in [0.2, 0.25) is 0 Å². The Hall–Kier alpha value is -1.84. The Bertz CT molecular complexity index is 570. The first-order valence-corrected chi connectivity index (χ1v) is 8.10. The molecule has 1 atom stereocenters. The van der Waals surface area contributed by atoms with Gasteiger partial charge in [0, 0.05) is 5.56 Å². The van der Waals surface area contributed by atoms with Gasteiger partial charge in [-0.15, -0.1) is 0 Å². The molecule has 4 nitrogen and oxygen atoms in total. The molecule has 0 spiro atoms. The molecule has 0 fully saturated rings. The number of esters is 1. The average Bonchev–Trinajstić information content (AvgIpc) is 2.38. The van der Waals surface area contributed by atoms with Crippen LogP contribution in [0, 0.1) is 19.8 Å². The number of aryl methyl sites for hydroxylation is 2. The minimum absolute atomic E-state index is 0.246. The molecular formula is C19H29NO3. The molecule has 1 aromatic rings. The van der Waals surface area contributed by atoms with E-state index in [0.717, 1.165) is 11.1 Å². The van der Waals surface area contributed by atoms with E-state index < -0.39 is 11.6 Å². The first kappa shape index (κ1) is 19.2. The third kappa shape index (κ3) is 6.43. The van der Waals surface area contributed by atoms with E-state index in [0.29, 0.717) is 12.0 Å². The monoisotopic (exact) mass is 319 g/mol. The normalized spacial score (nSPS) is 12.9. The Kier molecular flexibility index (Phi) is 6.37. The molecule has 0 aliphatic heterocycles. The summed E-state index contributed by atoms with van der Waals surface area (Å²) in [5, 5.41) is 2.82. The Labute approximate surface area is 139 Å². The minimum atomic E-state index is -0.636. The average molecular weight is 319 g/mol. The van der Waals surface area contributed by atoms with E-state index >= 15 is 0 Å². The molecule has 0 saturated carbocycles. The standard InChI is InChI=1S/C19H29NO3/c1-12(2)10-16(18(22)23-19(5,6)7)20-17(21)15-9-8-13(3)14(4)11-15/h8-9,11-12,16H,10H2,1-7H3,(H,20,21)/t16-/m0/s1. The summed E-state index contributed by atoms with van der Waals surface area (Å²) >= 11 is 0. The van der Waals surface area contributed by atoms with E-state index in [1.165, 1.54) is 0 Å². The van der Waals surface area contributed by atoms with Crippen LogP contribution in [-0.2, 0) is 9.53 Å². The van der Waals surface area contributed by atoms with Gasteiger partial charge in [0.2, 0.25) is 0 Å². The SMILES string of the molecule is Cc1ccc(C(=O)N[C@@H](CC(C)C)C(=O)OC(C)(C)C)cc1C. The number of benzene rings is 1. The van der Waals surface area contributed by atoms with E-state index in [1.807, 2.05) is 60.6 Å². The molecule has 0 heterocycles. The third-order valence-electron chi connectivity index (χ3n) is 3.47. The molecule has 4 heteroatoms. The summed E-state index contributed by atoms with van der Waals surface area (Å²) < 4.78 is 5.43. The summed E-state index contributed by atoms with van der Waals surface area (Å²) in [6.07, 6.45) is 0.547. The molecule has 0 bridgehead atoms. The lowest BCUT2D eigenvalue weighted by Gasteiger charge is -2.25. The summed E-state index contributed by atoms with van der Waals surface area (Å²) in [4.78, 5) is 24.8. The van der Waals surface area contributed by atoms with Gasteiger partial charge in [0.25, 0.3) is 5.91 Å². The largest absolute Gasteiger partial charge is 0.458 e. The van der Waals surface area contributed by atoms with Crippen molar-refractivity contribution >= 4 is 11.9 Å². The first-order chi connectivity index (χ1) is 10.5. The molecule has 1 N–H and O–H groups in total. The van der Waals surface area contributed by atoms with Gasteiger partial charge in [-0.25, -0.2) is 4.79 Å². The molecular weight excluding hydrogens is 290 g/mol. The van der Waals surface area contributed by atoms with Gasteiger partial charge < -0.3 is 10.1 Å². The minimum Gasteiger partial charge on any atom is -0.458 e. The fourth-order valence-corrected chi connectivity index (χ4v) is 2.18. The highest BCUT2D eigenvalue weighted by atomic mass is 16.6. The van der Waals surface area contributed by atoms with E-state index in [9.17, 15) is 9.59 Å². The maximum Gasteiger partial charge on any atom is 0.329 e. The lowest BCUT2D eigenvalue weighted by molar-refractivity contribution is -0.157. The van der Waals surface area contributed by atoms with Gasteiger partial charge in [-0.05, 0) is 70.2 Å². The van der Waals surface area contributed by atoms with Crippen molar-refractivity contribution in [2.24, 2.45) is 5.92 Å². The van der Waals surface area contributed by atoms with Crippen LogP contribution in [0.5, 0.6) is 0 Å². The molecule has 1 aromatic carbocycles. The Balaban J connectivity index is 2.89. The lowest BCUT2D eigenvalue weighted by Crippen LogP contribution is -2.45. The zero-order valence-corrected chi connectivity index (χ0v) is 15.3. The number of carbonyl (C=O) groups is 2. The smallest absolute Gasteiger partial charge is 0.329 e. The topological polar surface area (TPSA) is 55.4 Å². The summed E-state index contributed by atoms with van der Waals surface area (Å²) in [5.74, 6) is -0.361. The summed E-state index contributed by atoms with van der Waals surface area (Å²) in [5.41, 5.74) is 2.17. The highest BCUT2D eigenvalue weighted by Gasteiger charge is 2.27. The van der Waals surface area contributed by atoms with Crippen molar-refractivity contribution in [3.63, 3.8) is 0 Å². The van der Waals surface area contributed by atoms with Gasteiger partial charge in [-0.2, -0.15) is 0 Å². The van der Waals surface area contributed by atoms with Gasteiger partial charge in [-0.3, -0.25) is 4.79 Å². The Morgan fingerprint density at radius 2 is 1.74 bits per heavy atom. The van der Waals surface area contributed by atoms with Crippen LogP contribution in [-0.4, -0.2) is 23.5 Å². The number of ether oxygens (including phenoxy) is 1. The molecule has 23 heavy (non-hydrogen) atoms. The van der Waals surface area contributed by atoms with Crippen LogP contribution in [0.3, 0.4) is 0 Å². The van der Waals surface area contributed by atoms with Crippen molar-refractivity contribution in [1.29, 1.82) is 0 Å². The van der Waals surface area contributed by atoms with Crippen LogP contribution in [0.1, 0.15) is 62.5 Å². The molecule has 0 radical (unpaired) electrons. The quantitative estimate of drug-likeness (QED) is 0.840. The number of rotatable bonds is 5. The molecule has 1 amide bonds. The van der Waals surface area contributed by atoms with Crippen molar-refractivity contribution in [2.45, 2.75) is 66.5 Å². The highest BCUT2D eigenvalue weighted by Crippen LogP contribution is 2.14. The lowest BCUT2D eigenvalue weighted by atomic mass is 10.0. The first-order valence-electron chi connectivity index (χ1n) is 8.10. The van der Waals surface area contributed by atoms with Gasteiger partial charge in [-0.1, -0.05) is 19.9 Å². The van der Waals surface area contributed by atoms with Gasteiger partial charge >= 0.3 is 5.97 Å². The van der Waals surface area contributed by atoms with Crippen LogP contribution in [0.25, 0.3) is 0 Å².